The topological polar surface area (TPSA) is 122 Å². The summed E-state index contributed by atoms with van der Waals surface area (Å²) < 4.78 is 1.54. The highest BCUT2D eigenvalue weighted by atomic mass is 16.2. The van der Waals surface area contributed by atoms with Gasteiger partial charge in [0.25, 0.3) is 11.5 Å². The molecule has 3 rings (SSSR count). The van der Waals surface area contributed by atoms with Crippen molar-refractivity contribution in [3.8, 4) is 0 Å². The number of amides is 2. The molecular weight excluding hydrogens is 336 g/mol. The molecule has 3 N–H and O–H groups in total. The summed E-state index contributed by atoms with van der Waals surface area (Å²) in [4.78, 5) is 35.4. The van der Waals surface area contributed by atoms with E-state index >= 15 is 0 Å². The van der Waals surface area contributed by atoms with Gasteiger partial charge in [0.2, 0.25) is 5.91 Å². The van der Waals surface area contributed by atoms with Gasteiger partial charge in [0.15, 0.2) is 0 Å². The maximum Gasteiger partial charge on any atom is 0.276 e. The Labute approximate surface area is 148 Å². The molecule has 26 heavy (non-hydrogen) atoms. The number of carbonyl (C=O) groups excluding carboxylic acids is 2. The second kappa shape index (κ2) is 7.43. The van der Waals surface area contributed by atoms with Gasteiger partial charge in [0.05, 0.1) is 0 Å². The van der Waals surface area contributed by atoms with E-state index in [0.717, 1.165) is 0 Å². The molecule has 0 aliphatic carbocycles. The number of nitrogens with one attached hydrogen (secondary N) is 3. The number of carbonyl (C=O) groups is 2. The molecule has 2 aromatic heterocycles. The first-order valence-corrected chi connectivity index (χ1v) is 7.80. The molecule has 0 spiro atoms. The van der Waals surface area contributed by atoms with Crippen LogP contribution >= 0.6 is 0 Å². The maximum absolute atomic E-state index is 12.3. The van der Waals surface area contributed by atoms with E-state index < -0.39 is 17.5 Å². The normalized spacial score (nSPS) is 11.6. The molecular formula is C17H16N6O3. The SMILES string of the molecule is CC(C(=O)Nc1cccc(NC(=O)c2ccc(=O)[nH]n2)c1)n1cccn1. The van der Waals surface area contributed by atoms with E-state index in [4.69, 9.17) is 0 Å². The second-order valence-electron chi connectivity index (χ2n) is 5.49. The maximum atomic E-state index is 12.3. The van der Waals surface area contributed by atoms with Crippen LogP contribution in [0.3, 0.4) is 0 Å². The van der Waals surface area contributed by atoms with Crippen molar-refractivity contribution in [1.82, 2.24) is 20.0 Å². The second-order valence-corrected chi connectivity index (χ2v) is 5.49. The van der Waals surface area contributed by atoms with Gasteiger partial charge in [-0.05, 0) is 37.3 Å². The molecule has 3 aromatic rings. The van der Waals surface area contributed by atoms with Crippen LogP contribution in [0.25, 0.3) is 0 Å². The molecule has 0 radical (unpaired) electrons. The summed E-state index contributed by atoms with van der Waals surface area (Å²) in [7, 11) is 0. The van der Waals surface area contributed by atoms with Crippen LogP contribution in [0.5, 0.6) is 0 Å². The van der Waals surface area contributed by atoms with E-state index in [9.17, 15) is 14.4 Å². The number of H-pyrrole nitrogens is 1. The number of anilines is 2. The van der Waals surface area contributed by atoms with Gasteiger partial charge in [0, 0.05) is 29.8 Å². The van der Waals surface area contributed by atoms with Crippen LogP contribution in [-0.4, -0.2) is 31.8 Å². The van der Waals surface area contributed by atoms with Crippen molar-refractivity contribution in [3.05, 3.63) is 70.9 Å². The molecule has 0 saturated heterocycles. The van der Waals surface area contributed by atoms with Gasteiger partial charge in [-0.3, -0.25) is 19.1 Å². The van der Waals surface area contributed by atoms with Crippen molar-refractivity contribution < 1.29 is 9.59 Å². The smallest absolute Gasteiger partial charge is 0.276 e. The predicted molar refractivity (Wildman–Crippen MR) is 94.8 cm³/mol. The van der Waals surface area contributed by atoms with Crippen molar-refractivity contribution in [2.45, 2.75) is 13.0 Å². The van der Waals surface area contributed by atoms with Crippen LogP contribution in [0.2, 0.25) is 0 Å². The average Bonchev–Trinajstić information content (AvgIpc) is 3.16. The lowest BCUT2D eigenvalue weighted by molar-refractivity contribution is -0.119. The monoisotopic (exact) mass is 352 g/mol. The summed E-state index contributed by atoms with van der Waals surface area (Å²) in [5.74, 6) is -0.714. The molecule has 9 nitrogen and oxygen atoms in total. The molecule has 0 fully saturated rings. The zero-order valence-electron chi connectivity index (χ0n) is 13.8. The lowest BCUT2D eigenvalue weighted by atomic mass is 10.2. The van der Waals surface area contributed by atoms with Crippen LogP contribution in [0.15, 0.2) is 59.7 Å². The van der Waals surface area contributed by atoms with Gasteiger partial charge in [0.1, 0.15) is 11.7 Å². The summed E-state index contributed by atoms with van der Waals surface area (Å²) >= 11 is 0. The van der Waals surface area contributed by atoms with Crippen LogP contribution in [0.1, 0.15) is 23.5 Å². The zero-order chi connectivity index (χ0) is 18.5. The van der Waals surface area contributed by atoms with E-state index in [0.29, 0.717) is 11.4 Å². The first kappa shape index (κ1) is 17.1. The Morgan fingerprint density at radius 3 is 2.54 bits per heavy atom. The van der Waals surface area contributed by atoms with Crippen molar-refractivity contribution in [1.29, 1.82) is 0 Å². The lowest BCUT2D eigenvalue weighted by Gasteiger charge is -2.13. The standard InChI is InChI=1S/C17H16N6O3/c1-11(23-9-3-8-18-23)16(25)19-12-4-2-5-13(10-12)20-17(26)14-6-7-15(24)22-21-14/h2-11H,1H3,(H,19,25)(H,20,26)(H,22,24). The fourth-order valence-corrected chi connectivity index (χ4v) is 2.22. The third kappa shape index (κ3) is 4.01. The lowest BCUT2D eigenvalue weighted by Crippen LogP contribution is -2.24. The number of rotatable bonds is 5. The number of aromatic amines is 1. The van der Waals surface area contributed by atoms with Crippen molar-refractivity contribution >= 4 is 23.2 Å². The first-order valence-electron chi connectivity index (χ1n) is 7.80. The van der Waals surface area contributed by atoms with E-state index in [1.54, 1.807) is 54.3 Å². The van der Waals surface area contributed by atoms with E-state index in [1.165, 1.54) is 12.1 Å². The van der Waals surface area contributed by atoms with Gasteiger partial charge in [-0.1, -0.05) is 6.07 Å². The predicted octanol–water partition coefficient (Wildman–Crippen LogP) is 1.42. The summed E-state index contributed by atoms with van der Waals surface area (Å²) in [5, 5.41) is 15.3. The minimum atomic E-state index is -0.478. The molecule has 0 aliphatic rings. The summed E-state index contributed by atoms with van der Waals surface area (Å²) in [6, 6.07) is 10.5. The number of hydrogen-bond donors (Lipinski definition) is 3. The summed E-state index contributed by atoms with van der Waals surface area (Å²) in [6.07, 6.45) is 3.31. The molecule has 0 aliphatic heterocycles. The Kier molecular flexibility index (Phi) is 4.88. The minimum Gasteiger partial charge on any atom is -0.324 e. The molecule has 0 bridgehead atoms. The largest absolute Gasteiger partial charge is 0.324 e. The van der Waals surface area contributed by atoms with Gasteiger partial charge < -0.3 is 10.6 Å². The molecule has 1 atom stereocenters. The zero-order valence-corrected chi connectivity index (χ0v) is 13.8. The highest BCUT2D eigenvalue weighted by Gasteiger charge is 2.15. The van der Waals surface area contributed by atoms with Crippen LogP contribution in [0, 0.1) is 0 Å². The van der Waals surface area contributed by atoms with Crippen molar-refractivity contribution in [2.24, 2.45) is 0 Å². The quantitative estimate of drug-likeness (QED) is 0.641. The fraction of sp³-hybridized carbons (Fsp3) is 0.118. The summed E-state index contributed by atoms with van der Waals surface area (Å²) in [6.45, 7) is 1.73. The Hall–Kier alpha value is -3.75. The van der Waals surface area contributed by atoms with Crippen LogP contribution in [-0.2, 0) is 4.79 Å². The van der Waals surface area contributed by atoms with Crippen molar-refractivity contribution in [3.63, 3.8) is 0 Å². The average molecular weight is 352 g/mol. The molecule has 2 heterocycles. The molecule has 0 saturated carbocycles. The van der Waals surface area contributed by atoms with Gasteiger partial charge >= 0.3 is 0 Å². The third-order valence-corrected chi connectivity index (χ3v) is 3.60. The Morgan fingerprint density at radius 1 is 1.12 bits per heavy atom. The van der Waals surface area contributed by atoms with Gasteiger partial charge in [-0.2, -0.15) is 10.2 Å². The van der Waals surface area contributed by atoms with Gasteiger partial charge in [-0.25, -0.2) is 5.10 Å². The Morgan fingerprint density at radius 2 is 1.88 bits per heavy atom. The van der Waals surface area contributed by atoms with E-state index in [-0.39, 0.29) is 11.6 Å². The molecule has 1 aromatic carbocycles. The highest BCUT2D eigenvalue weighted by Crippen LogP contribution is 2.17. The Balaban J connectivity index is 1.68. The number of hydrogen-bond acceptors (Lipinski definition) is 5. The third-order valence-electron chi connectivity index (χ3n) is 3.60. The van der Waals surface area contributed by atoms with E-state index in [2.05, 4.69) is 25.9 Å². The molecule has 2 amide bonds. The van der Waals surface area contributed by atoms with E-state index in [1.807, 2.05) is 0 Å². The molecule has 1 unspecified atom stereocenters. The first-order chi connectivity index (χ1) is 12.5. The number of nitrogens with zero attached hydrogens (tertiary/aromatic N) is 3. The number of aromatic nitrogens is 4. The van der Waals surface area contributed by atoms with Gasteiger partial charge in [-0.15, -0.1) is 0 Å². The number of benzene rings is 1. The van der Waals surface area contributed by atoms with Crippen molar-refractivity contribution in [2.75, 3.05) is 10.6 Å². The summed E-state index contributed by atoms with van der Waals surface area (Å²) in [5.41, 5.74) is 0.692. The highest BCUT2D eigenvalue weighted by molar-refractivity contribution is 6.03. The van der Waals surface area contributed by atoms with Crippen LogP contribution in [0.4, 0.5) is 11.4 Å². The molecule has 132 valence electrons. The fourth-order valence-electron chi connectivity index (χ4n) is 2.22. The molecule has 9 heteroatoms. The Bertz CT molecular complexity index is 960. The minimum absolute atomic E-state index is 0.0753. The van der Waals surface area contributed by atoms with Crippen LogP contribution < -0.4 is 16.2 Å².